The Morgan fingerprint density at radius 1 is 0.481 bits per heavy atom. The molecule has 5 aliphatic rings. The quantitative estimate of drug-likeness (QED) is 0.0289. The van der Waals surface area contributed by atoms with Crippen LogP contribution >= 0.6 is 0 Å². The lowest BCUT2D eigenvalue weighted by Crippen LogP contribution is -2.71. The summed E-state index contributed by atoms with van der Waals surface area (Å²) in [6.07, 6.45) is -11.2. The lowest BCUT2D eigenvalue weighted by Gasteiger charge is -2.51. The molecule has 108 heavy (non-hydrogen) atoms. The number of hydrogen-bond acceptors (Lipinski definition) is 30. The fourth-order valence-electron chi connectivity index (χ4n) is 14.6. The topological polar surface area (TPSA) is 532 Å². The Bertz CT molecular complexity index is 2450. The van der Waals surface area contributed by atoms with Crippen LogP contribution in [0.2, 0.25) is 0 Å². The normalized spacial score (nSPS) is 34.5. The molecule has 0 bridgehead atoms. The molecule has 5 aliphatic heterocycles. The minimum Gasteiger partial charge on any atom is -0.477 e. The average Bonchev–Trinajstić information content (AvgIpc) is 0.762. The van der Waals surface area contributed by atoms with Crippen molar-refractivity contribution in [2.24, 2.45) is 0 Å². The van der Waals surface area contributed by atoms with Gasteiger partial charge in [-0.05, 0) is 19.3 Å². The number of carboxylic acids is 1. The zero-order valence-electron chi connectivity index (χ0n) is 63.7. The molecule has 0 aromatic heterocycles. The van der Waals surface area contributed by atoms with Crippen LogP contribution in [0.15, 0.2) is 12.2 Å². The third-order valence-corrected chi connectivity index (χ3v) is 21.2. The summed E-state index contributed by atoms with van der Waals surface area (Å²) < 4.78 is 58.5. The molecule has 5 rings (SSSR count). The maximum absolute atomic E-state index is 13.5. The molecule has 33 nitrogen and oxygen atoms in total. The highest BCUT2D eigenvalue weighted by Gasteiger charge is 2.61. The van der Waals surface area contributed by atoms with Crippen LogP contribution in [0.1, 0.15) is 233 Å². The predicted molar refractivity (Wildman–Crippen MR) is 385 cm³/mol. The molecule has 0 radical (unpaired) electrons. The summed E-state index contributed by atoms with van der Waals surface area (Å²) in [6.45, 7) is -0.309. The monoisotopic (exact) mass is 1560 g/mol. The Labute approximate surface area is 635 Å². The summed E-state index contributed by atoms with van der Waals surface area (Å²) >= 11 is 0. The van der Waals surface area contributed by atoms with Crippen molar-refractivity contribution in [3.63, 3.8) is 0 Å². The van der Waals surface area contributed by atoms with Crippen molar-refractivity contribution in [2.75, 3.05) is 39.6 Å². The van der Waals surface area contributed by atoms with Gasteiger partial charge in [0.05, 0.1) is 57.9 Å². The van der Waals surface area contributed by atoms with Crippen molar-refractivity contribution in [3.8, 4) is 0 Å². The number of amides is 2. The Kier molecular flexibility index (Phi) is 45.9. The van der Waals surface area contributed by atoms with Crippen LogP contribution in [0.5, 0.6) is 0 Å². The minimum absolute atomic E-state index is 0.180. The summed E-state index contributed by atoms with van der Waals surface area (Å²) in [6, 6.07) is -2.91. The molecule has 33 heteroatoms. The first-order chi connectivity index (χ1) is 51.9. The summed E-state index contributed by atoms with van der Waals surface area (Å²) in [4.78, 5) is 39.4. The second kappa shape index (κ2) is 51.8. The Hall–Kier alpha value is -2.93. The molecule has 5 fully saturated rings. The molecule has 0 aromatic carbocycles. The smallest absolute Gasteiger partial charge is 0.364 e. The number of aliphatic hydroxyl groups is 17. The molecule has 0 spiro atoms. The molecule has 28 atom stereocenters. The van der Waals surface area contributed by atoms with Crippen LogP contribution in [0.4, 0.5) is 0 Å². The molecule has 5 heterocycles. The number of aliphatic hydroxyl groups excluding tert-OH is 17. The average molecular weight is 1560 g/mol. The fourth-order valence-corrected chi connectivity index (χ4v) is 14.6. The second-order valence-corrected chi connectivity index (χ2v) is 30.0. The third-order valence-electron chi connectivity index (χ3n) is 21.2. The number of allylic oxidation sites excluding steroid dienone is 1. The van der Waals surface area contributed by atoms with Gasteiger partial charge >= 0.3 is 5.97 Å². The molecular weight excluding hydrogens is 1420 g/mol. The van der Waals surface area contributed by atoms with E-state index >= 15 is 0 Å². The van der Waals surface area contributed by atoms with Crippen LogP contribution in [0.25, 0.3) is 0 Å². The van der Waals surface area contributed by atoms with E-state index in [1.54, 1.807) is 6.08 Å². The Morgan fingerprint density at radius 3 is 1.35 bits per heavy atom. The molecule has 632 valence electrons. The van der Waals surface area contributed by atoms with E-state index < -0.39 is 229 Å². The van der Waals surface area contributed by atoms with Gasteiger partial charge < -0.3 is 150 Å². The highest BCUT2D eigenvalue weighted by Crippen LogP contribution is 2.40. The molecule has 0 aliphatic carbocycles. The van der Waals surface area contributed by atoms with E-state index in [1.165, 1.54) is 135 Å². The van der Waals surface area contributed by atoms with Crippen LogP contribution in [-0.4, -0.2) is 321 Å². The number of carboxylic acid groups (broad SMARTS) is 1. The van der Waals surface area contributed by atoms with E-state index in [-0.39, 0.29) is 12.3 Å². The Morgan fingerprint density at radius 2 is 0.889 bits per heavy atom. The van der Waals surface area contributed by atoms with E-state index in [0.717, 1.165) is 58.3 Å². The van der Waals surface area contributed by atoms with Gasteiger partial charge in [-0.1, -0.05) is 206 Å². The molecule has 0 aromatic rings. The van der Waals surface area contributed by atoms with Crippen LogP contribution < -0.4 is 10.6 Å². The molecule has 0 saturated carbocycles. The number of carbonyl (C=O) groups is 3. The first-order valence-corrected chi connectivity index (χ1v) is 40.1. The van der Waals surface area contributed by atoms with Gasteiger partial charge in [-0.3, -0.25) is 9.59 Å². The van der Waals surface area contributed by atoms with Crippen molar-refractivity contribution in [2.45, 2.75) is 404 Å². The number of aliphatic carboxylic acids is 1. The summed E-state index contributed by atoms with van der Waals surface area (Å²) in [7, 11) is 0. The largest absolute Gasteiger partial charge is 0.477 e. The Balaban J connectivity index is 1.21. The predicted octanol–water partition coefficient (Wildman–Crippen LogP) is 0.374. The van der Waals surface area contributed by atoms with E-state index in [9.17, 15) is 106 Å². The van der Waals surface area contributed by atoms with Gasteiger partial charge in [-0.15, -0.1) is 0 Å². The number of ether oxygens (including phenoxy) is 10. The zero-order chi connectivity index (χ0) is 79.3. The summed E-state index contributed by atoms with van der Waals surface area (Å²) in [5, 5.41) is 203. The van der Waals surface area contributed by atoms with Gasteiger partial charge in [0.2, 0.25) is 11.8 Å². The highest BCUT2D eigenvalue weighted by molar-refractivity contribution is 5.76. The van der Waals surface area contributed by atoms with Gasteiger partial charge in [0.1, 0.15) is 122 Å². The highest BCUT2D eigenvalue weighted by atomic mass is 16.8. The van der Waals surface area contributed by atoms with Gasteiger partial charge in [0, 0.05) is 19.8 Å². The molecule has 20 N–H and O–H groups in total. The van der Waals surface area contributed by atoms with E-state index in [0.29, 0.717) is 12.8 Å². The van der Waals surface area contributed by atoms with E-state index in [4.69, 9.17) is 47.4 Å². The second-order valence-electron chi connectivity index (χ2n) is 30.0. The van der Waals surface area contributed by atoms with Crippen molar-refractivity contribution >= 4 is 17.8 Å². The summed E-state index contributed by atoms with van der Waals surface area (Å²) in [5.41, 5.74) is 0. The SMILES string of the molecule is CCCCCCCCCCCCC/C=C/[C@@H](O)[C@H](CO[C@@H]1OC(CO)[C@@H](O[C@@H]2OC(CO)[C@H](O[C@@H]3OC(CO)[C@H](O)[C@H](O[C@@H]4OC(CO)[C@H](O)[C@H](O[C@]5(C(=O)O)CC(O)[C@@H](O)C([C@H](O)[C@H](O)CO)O5)C4O)C3NC(C)=O)[C@H](O)C2O)[C@H](O)C1O)NC(=O)CCCCCCCCCCCCCCCCCCCCC. The molecule has 2 amide bonds. The number of unbranched alkanes of at least 4 members (excludes halogenated alkanes) is 29. The summed E-state index contributed by atoms with van der Waals surface area (Å²) in [5.74, 6) is -6.53. The number of carbonyl (C=O) groups excluding carboxylic acids is 2. The van der Waals surface area contributed by atoms with Gasteiger partial charge in [0.25, 0.3) is 5.79 Å². The minimum atomic E-state index is -3.21. The third kappa shape index (κ3) is 30.0. The number of hydrogen-bond donors (Lipinski definition) is 20. The van der Waals surface area contributed by atoms with Crippen molar-refractivity contribution in [3.05, 3.63) is 12.2 Å². The fraction of sp³-hybridized carbons (Fsp3) is 0.933. The first-order valence-electron chi connectivity index (χ1n) is 40.1. The van der Waals surface area contributed by atoms with E-state index in [2.05, 4.69) is 24.5 Å². The van der Waals surface area contributed by atoms with Gasteiger partial charge in [-0.2, -0.15) is 0 Å². The van der Waals surface area contributed by atoms with Crippen LogP contribution in [-0.2, 0) is 61.8 Å². The lowest BCUT2D eigenvalue weighted by atomic mass is 9.90. The molecular formula is C75H136N2O31. The van der Waals surface area contributed by atoms with Crippen LogP contribution in [0.3, 0.4) is 0 Å². The van der Waals surface area contributed by atoms with E-state index in [1.807, 2.05) is 6.08 Å². The number of rotatable bonds is 55. The van der Waals surface area contributed by atoms with Crippen LogP contribution in [0, 0.1) is 0 Å². The van der Waals surface area contributed by atoms with Gasteiger partial charge in [-0.25, -0.2) is 4.79 Å². The van der Waals surface area contributed by atoms with Crippen molar-refractivity contribution in [1.29, 1.82) is 0 Å². The van der Waals surface area contributed by atoms with Crippen molar-refractivity contribution in [1.82, 2.24) is 10.6 Å². The standard InChI is InChI=1S/C75H136N2O31/c1-4-6-8-10-12-14-16-18-19-20-21-22-23-25-27-29-31-33-35-37-54(87)77-46(47(84)36-34-32-30-28-26-24-17-15-13-11-9-7-5-2)44-99-71-62(94)60(92)66(52(42-81)102-71)105-72-63(95)61(93)65(53(43-82)103-72)104-70-55(76-45(3)83)67(58(90)50(40-79)100-70)106-73-64(96)69(59(91)51(41-80)101-73)108-75(74(97)98)38-48(85)56(88)68(107-75)57(89)49(86)39-78/h34,36,46-53,55-73,78-82,84-86,88-96H,4-33,35,37-44H2,1-3H3,(H,76,83)(H,77,87)(H,97,98)/b36-34+/t46-,47+,48?,49+,50?,51?,52?,53?,55?,56+,57+,58-,59-,60+,61+,62?,63?,64?,65-,66+,67+,68?,69-,70-,71+,72-,73-,75-/m0/s1. The molecule has 10 unspecified atom stereocenters. The lowest BCUT2D eigenvalue weighted by molar-refractivity contribution is -0.391. The maximum atomic E-state index is 13.5. The van der Waals surface area contributed by atoms with Gasteiger partial charge in [0.15, 0.2) is 25.2 Å². The first kappa shape index (κ1) is 95.7. The number of nitrogens with one attached hydrogen (secondary N) is 2. The molecule has 5 saturated heterocycles. The van der Waals surface area contributed by atoms with Crippen molar-refractivity contribution < 1.29 is 154 Å². The maximum Gasteiger partial charge on any atom is 0.364 e. The zero-order valence-corrected chi connectivity index (χ0v) is 63.7.